The monoisotopic (exact) mass is 399 g/mol. The zero-order valence-corrected chi connectivity index (χ0v) is 15.5. The topological polar surface area (TPSA) is 137 Å². The van der Waals surface area contributed by atoms with Gasteiger partial charge in [0, 0.05) is 6.42 Å². The van der Waals surface area contributed by atoms with Gasteiger partial charge in [0.15, 0.2) is 6.61 Å². The van der Waals surface area contributed by atoms with Crippen LogP contribution in [0.15, 0.2) is 60.7 Å². The number of alkyl carbamates (subject to hydrolysis) is 1. The number of benzene rings is 2. The molecular formula is C20H21N3O6. The van der Waals surface area contributed by atoms with Gasteiger partial charge in [0.25, 0.3) is 5.91 Å². The summed E-state index contributed by atoms with van der Waals surface area (Å²) in [6, 6.07) is 15.8. The Labute approximate surface area is 167 Å². The van der Waals surface area contributed by atoms with Gasteiger partial charge in [-0.3, -0.25) is 10.1 Å². The number of carbonyl (C=O) groups excluding carboxylic acids is 4. The molecule has 9 nitrogen and oxygen atoms in total. The normalized spacial score (nSPS) is 11.0. The Morgan fingerprint density at radius 1 is 0.862 bits per heavy atom. The highest BCUT2D eigenvalue weighted by atomic mass is 16.6. The second-order valence-electron chi connectivity index (χ2n) is 5.97. The van der Waals surface area contributed by atoms with Gasteiger partial charge in [-0.15, -0.1) is 0 Å². The van der Waals surface area contributed by atoms with Gasteiger partial charge < -0.3 is 20.5 Å². The number of amides is 4. The van der Waals surface area contributed by atoms with E-state index in [0.29, 0.717) is 0 Å². The number of urea groups is 1. The van der Waals surface area contributed by atoms with Crippen molar-refractivity contribution < 1.29 is 28.7 Å². The minimum absolute atomic E-state index is 0.0286. The van der Waals surface area contributed by atoms with Crippen LogP contribution in [-0.4, -0.2) is 36.6 Å². The van der Waals surface area contributed by atoms with E-state index in [1.54, 1.807) is 41.7 Å². The number of hydrogen-bond acceptors (Lipinski definition) is 6. The Morgan fingerprint density at radius 2 is 1.45 bits per heavy atom. The molecule has 0 saturated carbocycles. The van der Waals surface area contributed by atoms with Crippen LogP contribution in [0.1, 0.15) is 11.1 Å². The van der Waals surface area contributed by atoms with Crippen LogP contribution in [0, 0.1) is 0 Å². The lowest BCUT2D eigenvalue weighted by molar-refractivity contribution is -0.150. The zero-order chi connectivity index (χ0) is 21.1. The Balaban J connectivity index is 1.96. The maximum Gasteiger partial charge on any atom is 0.408 e. The van der Waals surface area contributed by atoms with Gasteiger partial charge in [-0.05, 0) is 11.1 Å². The van der Waals surface area contributed by atoms with Gasteiger partial charge in [0.2, 0.25) is 0 Å². The highest BCUT2D eigenvalue weighted by molar-refractivity contribution is 5.95. The molecule has 2 rings (SSSR count). The fourth-order valence-electron chi connectivity index (χ4n) is 2.36. The summed E-state index contributed by atoms with van der Waals surface area (Å²) >= 11 is 0. The molecule has 1 atom stereocenters. The molecule has 2 aromatic carbocycles. The second-order valence-corrected chi connectivity index (χ2v) is 5.97. The minimum atomic E-state index is -1.10. The molecule has 0 fully saturated rings. The molecule has 4 amide bonds. The Morgan fingerprint density at radius 3 is 2.03 bits per heavy atom. The molecule has 0 saturated heterocycles. The maximum absolute atomic E-state index is 12.4. The van der Waals surface area contributed by atoms with E-state index in [0.717, 1.165) is 11.1 Å². The van der Waals surface area contributed by atoms with Crippen molar-refractivity contribution in [3.63, 3.8) is 0 Å². The van der Waals surface area contributed by atoms with Crippen molar-refractivity contribution in [2.24, 2.45) is 5.73 Å². The van der Waals surface area contributed by atoms with Crippen LogP contribution in [0.3, 0.4) is 0 Å². The van der Waals surface area contributed by atoms with E-state index < -0.39 is 36.6 Å². The van der Waals surface area contributed by atoms with Crippen LogP contribution in [-0.2, 0) is 32.1 Å². The van der Waals surface area contributed by atoms with Gasteiger partial charge >= 0.3 is 18.1 Å². The van der Waals surface area contributed by atoms with E-state index in [9.17, 15) is 19.2 Å². The van der Waals surface area contributed by atoms with E-state index in [2.05, 4.69) is 5.32 Å². The number of rotatable bonds is 8. The van der Waals surface area contributed by atoms with Gasteiger partial charge in [-0.25, -0.2) is 14.4 Å². The summed E-state index contributed by atoms with van der Waals surface area (Å²) in [4.78, 5) is 46.5. The molecule has 9 heteroatoms. The van der Waals surface area contributed by atoms with Gasteiger partial charge in [-0.1, -0.05) is 60.7 Å². The predicted octanol–water partition coefficient (Wildman–Crippen LogP) is 1.26. The average molecular weight is 399 g/mol. The van der Waals surface area contributed by atoms with Crippen LogP contribution in [0.2, 0.25) is 0 Å². The molecule has 2 aromatic rings. The average Bonchev–Trinajstić information content (AvgIpc) is 2.71. The number of imide groups is 1. The number of nitrogens with two attached hydrogens (primary N) is 1. The first-order chi connectivity index (χ1) is 13.9. The second kappa shape index (κ2) is 11.1. The van der Waals surface area contributed by atoms with Crippen molar-refractivity contribution in [1.82, 2.24) is 10.6 Å². The number of carbonyl (C=O) groups is 4. The molecular weight excluding hydrogens is 378 g/mol. The number of primary amides is 1. The van der Waals surface area contributed by atoms with Crippen molar-refractivity contribution in [3.05, 3.63) is 71.8 Å². The fraction of sp³-hybridized carbons (Fsp3) is 0.200. The standard InChI is InChI=1S/C20H21N3O6/c21-19(26)23-17(24)13-28-18(25)16(11-14-7-3-1-4-8-14)22-20(27)29-12-15-9-5-2-6-10-15/h1-10,16H,11-13H2,(H,22,27)(H3,21,23,24,26)/t16-/m0/s1. The molecule has 0 aliphatic heterocycles. The quantitative estimate of drug-likeness (QED) is 0.572. The maximum atomic E-state index is 12.4. The molecule has 0 aromatic heterocycles. The largest absolute Gasteiger partial charge is 0.454 e. The van der Waals surface area contributed by atoms with Crippen molar-refractivity contribution in [3.8, 4) is 0 Å². The summed E-state index contributed by atoms with van der Waals surface area (Å²) in [5, 5.41) is 4.22. The number of hydrogen-bond donors (Lipinski definition) is 3. The van der Waals surface area contributed by atoms with Crippen LogP contribution >= 0.6 is 0 Å². The summed E-state index contributed by atoms with van der Waals surface area (Å²) in [5.41, 5.74) is 6.37. The van der Waals surface area contributed by atoms with Crippen molar-refractivity contribution in [2.75, 3.05) is 6.61 Å². The molecule has 0 aliphatic rings. The minimum Gasteiger partial charge on any atom is -0.454 e. The number of nitrogens with one attached hydrogen (secondary N) is 2. The van der Waals surface area contributed by atoms with Crippen LogP contribution in [0.5, 0.6) is 0 Å². The van der Waals surface area contributed by atoms with Gasteiger partial charge in [0.05, 0.1) is 0 Å². The SMILES string of the molecule is NC(=O)NC(=O)COC(=O)[C@H](Cc1ccccc1)NC(=O)OCc1ccccc1. The summed E-state index contributed by atoms with van der Waals surface area (Å²) in [6.45, 7) is -0.686. The van der Waals surface area contributed by atoms with Crippen molar-refractivity contribution in [1.29, 1.82) is 0 Å². The van der Waals surface area contributed by atoms with Gasteiger partial charge in [0.1, 0.15) is 12.6 Å². The van der Waals surface area contributed by atoms with Crippen LogP contribution in [0.4, 0.5) is 9.59 Å². The zero-order valence-electron chi connectivity index (χ0n) is 15.5. The Kier molecular flexibility index (Phi) is 8.18. The first kappa shape index (κ1) is 21.4. The van der Waals surface area contributed by atoms with Gasteiger partial charge in [-0.2, -0.15) is 0 Å². The fourth-order valence-corrected chi connectivity index (χ4v) is 2.36. The molecule has 0 aliphatic carbocycles. The molecule has 0 radical (unpaired) electrons. The highest BCUT2D eigenvalue weighted by Crippen LogP contribution is 2.06. The van der Waals surface area contributed by atoms with E-state index in [4.69, 9.17) is 15.2 Å². The lowest BCUT2D eigenvalue weighted by Crippen LogP contribution is -2.45. The summed E-state index contributed by atoms with van der Waals surface area (Å²) in [6.07, 6.45) is -0.689. The third-order valence-electron chi connectivity index (χ3n) is 3.68. The molecule has 0 unspecified atom stereocenters. The van der Waals surface area contributed by atoms with Crippen LogP contribution < -0.4 is 16.4 Å². The summed E-state index contributed by atoms with van der Waals surface area (Å²) < 4.78 is 10.0. The third-order valence-corrected chi connectivity index (χ3v) is 3.68. The van der Waals surface area contributed by atoms with E-state index in [1.165, 1.54) is 0 Å². The lowest BCUT2D eigenvalue weighted by Gasteiger charge is -2.17. The Hall–Kier alpha value is -3.88. The first-order valence-electron chi connectivity index (χ1n) is 8.71. The number of ether oxygens (including phenoxy) is 2. The molecule has 0 heterocycles. The molecule has 29 heavy (non-hydrogen) atoms. The van der Waals surface area contributed by atoms with E-state index >= 15 is 0 Å². The highest BCUT2D eigenvalue weighted by Gasteiger charge is 2.24. The Bertz CT molecular complexity index is 842. The summed E-state index contributed by atoms with van der Waals surface area (Å²) in [5.74, 6) is -1.74. The first-order valence-corrected chi connectivity index (χ1v) is 8.71. The van der Waals surface area contributed by atoms with Crippen molar-refractivity contribution in [2.45, 2.75) is 19.1 Å². The molecule has 4 N–H and O–H groups in total. The van der Waals surface area contributed by atoms with E-state index in [1.807, 2.05) is 24.3 Å². The summed E-state index contributed by atoms with van der Waals surface area (Å²) in [7, 11) is 0. The molecule has 0 spiro atoms. The molecule has 152 valence electrons. The molecule has 0 bridgehead atoms. The number of esters is 1. The lowest BCUT2D eigenvalue weighted by atomic mass is 10.1. The third kappa shape index (κ3) is 8.12. The van der Waals surface area contributed by atoms with Crippen molar-refractivity contribution >= 4 is 24.0 Å². The van der Waals surface area contributed by atoms with E-state index in [-0.39, 0.29) is 13.0 Å². The smallest absolute Gasteiger partial charge is 0.408 e. The van der Waals surface area contributed by atoms with Crippen LogP contribution in [0.25, 0.3) is 0 Å². The predicted molar refractivity (Wildman–Crippen MR) is 102 cm³/mol.